The van der Waals surface area contributed by atoms with Crippen molar-refractivity contribution < 1.29 is 17.6 Å². The van der Waals surface area contributed by atoms with E-state index in [0.29, 0.717) is 6.42 Å². The highest BCUT2D eigenvalue weighted by atomic mass is 19.4. The van der Waals surface area contributed by atoms with Crippen LogP contribution in [0, 0.1) is 0 Å². The van der Waals surface area contributed by atoms with Crippen molar-refractivity contribution in [2.24, 2.45) is 0 Å². The Labute approximate surface area is 91.5 Å². The Hall–Kier alpha value is -1.10. The van der Waals surface area contributed by atoms with E-state index >= 15 is 0 Å². The molecule has 0 fully saturated rings. The van der Waals surface area contributed by atoms with Gasteiger partial charge >= 0.3 is 6.18 Å². The molecule has 0 aliphatic heterocycles. The van der Waals surface area contributed by atoms with Crippen LogP contribution in [0.25, 0.3) is 0 Å². The third kappa shape index (κ3) is 3.48. The molecule has 16 heavy (non-hydrogen) atoms. The van der Waals surface area contributed by atoms with Crippen LogP contribution in [0.3, 0.4) is 0 Å². The molecule has 0 aliphatic carbocycles. The Bertz CT molecular complexity index is 318. The van der Waals surface area contributed by atoms with Crippen LogP contribution >= 0.6 is 0 Å². The van der Waals surface area contributed by atoms with Gasteiger partial charge in [-0.1, -0.05) is 24.3 Å². The van der Waals surface area contributed by atoms with Crippen molar-refractivity contribution in [2.45, 2.75) is 18.8 Å². The highest BCUT2D eigenvalue weighted by Crippen LogP contribution is 2.35. The van der Waals surface area contributed by atoms with Crippen LogP contribution in [0.15, 0.2) is 24.3 Å². The third-order valence-electron chi connectivity index (χ3n) is 2.22. The van der Waals surface area contributed by atoms with Gasteiger partial charge < -0.3 is 5.32 Å². The van der Waals surface area contributed by atoms with E-state index in [-0.39, 0.29) is 5.56 Å². The fourth-order valence-corrected chi connectivity index (χ4v) is 1.31. The van der Waals surface area contributed by atoms with Gasteiger partial charge in [0.2, 0.25) is 6.17 Å². The van der Waals surface area contributed by atoms with Gasteiger partial charge in [-0.2, -0.15) is 13.2 Å². The van der Waals surface area contributed by atoms with Crippen LogP contribution in [0.1, 0.15) is 17.3 Å². The number of benzene rings is 1. The van der Waals surface area contributed by atoms with Gasteiger partial charge in [0.25, 0.3) is 0 Å². The number of hydrogen-bond donors (Lipinski definition) is 1. The summed E-state index contributed by atoms with van der Waals surface area (Å²) in [7, 11) is 1.79. The van der Waals surface area contributed by atoms with E-state index in [2.05, 4.69) is 5.32 Å². The first kappa shape index (κ1) is 13.0. The molecule has 0 aromatic heterocycles. The van der Waals surface area contributed by atoms with Crippen LogP contribution in [0.5, 0.6) is 0 Å². The van der Waals surface area contributed by atoms with E-state index in [4.69, 9.17) is 0 Å². The van der Waals surface area contributed by atoms with Gasteiger partial charge in [-0.3, -0.25) is 0 Å². The zero-order valence-corrected chi connectivity index (χ0v) is 8.81. The molecule has 1 rings (SSSR count). The fraction of sp³-hybridized carbons (Fsp3) is 0.455. The first-order chi connectivity index (χ1) is 7.45. The van der Waals surface area contributed by atoms with E-state index in [0.717, 1.165) is 12.1 Å². The highest BCUT2D eigenvalue weighted by molar-refractivity contribution is 5.25. The van der Waals surface area contributed by atoms with E-state index < -0.39 is 12.3 Å². The molecule has 0 heterocycles. The van der Waals surface area contributed by atoms with Crippen LogP contribution in [0.2, 0.25) is 0 Å². The molecule has 1 unspecified atom stereocenters. The predicted molar refractivity (Wildman–Crippen MR) is 54.0 cm³/mol. The largest absolute Gasteiger partial charge is 0.423 e. The van der Waals surface area contributed by atoms with E-state index in [1.54, 1.807) is 7.05 Å². The molecule has 1 nitrogen and oxygen atoms in total. The Kier molecular flexibility index (Phi) is 4.29. The van der Waals surface area contributed by atoms with Gasteiger partial charge in [-0.15, -0.1) is 0 Å². The van der Waals surface area contributed by atoms with Gasteiger partial charge in [0.15, 0.2) is 0 Å². The van der Waals surface area contributed by atoms with E-state index in [1.807, 2.05) is 0 Å². The summed E-state index contributed by atoms with van der Waals surface area (Å²) in [5, 5.41) is 2.92. The van der Waals surface area contributed by atoms with Crippen LogP contribution in [0.4, 0.5) is 17.6 Å². The zero-order chi connectivity index (χ0) is 12.2. The van der Waals surface area contributed by atoms with Crippen molar-refractivity contribution in [3.05, 3.63) is 35.4 Å². The van der Waals surface area contributed by atoms with Crippen LogP contribution in [-0.2, 0) is 6.42 Å². The molecule has 1 aromatic rings. The average Bonchev–Trinajstić information content (AvgIpc) is 2.25. The summed E-state index contributed by atoms with van der Waals surface area (Å²) in [4.78, 5) is 0. The quantitative estimate of drug-likeness (QED) is 0.791. The summed E-state index contributed by atoms with van der Waals surface area (Å²) in [6.45, 7) is 0.734. The molecule has 0 aliphatic rings. The molecule has 0 spiro atoms. The van der Waals surface area contributed by atoms with Crippen molar-refractivity contribution in [3.63, 3.8) is 0 Å². The fourth-order valence-electron chi connectivity index (χ4n) is 1.31. The standard InChI is InChI=1S/C11H13F4N/c1-16-7-6-8-2-4-9(5-3-8)10(12)11(13,14)15/h2-5,10,16H,6-7H2,1H3. The maximum absolute atomic E-state index is 12.9. The second-order valence-corrected chi connectivity index (χ2v) is 3.50. The third-order valence-corrected chi connectivity index (χ3v) is 2.22. The summed E-state index contributed by atoms with van der Waals surface area (Å²) in [5.74, 6) is 0. The minimum absolute atomic E-state index is 0.347. The molecule has 1 aromatic carbocycles. The van der Waals surface area contributed by atoms with Crippen molar-refractivity contribution >= 4 is 0 Å². The normalized spacial score (nSPS) is 13.8. The monoisotopic (exact) mass is 235 g/mol. The second kappa shape index (κ2) is 5.30. The Balaban J connectivity index is 2.71. The molecular formula is C11H13F4N. The molecule has 0 saturated heterocycles. The maximum atomic E-state index is 12.9. The maximum Gasteiger partial charge on any atom is 0.423 e. The lowest BCUT2D eigenvalue weighted by Gasteiger charge is -2.12. The second-order valence-electron chi connectivity index (χ2n) is 3.50. The van der Waals surface area contributed by atoms with Crippen molar-refractivity contribution in [1.29, 1.82) is 0 Å². The Morgan fingerprint density at radius 2 is 1.75 bits per heavy atom. The van der Waals surface area contributed by atoms with Gasteiger partial charge in [0.05, 0.1) is 0 Å². The topological polar surface area (TPSA) is 12.0 Å². The number of alkyl halides is 4. The predicted octanol–water partition coefficient (Wildman–Crippen LogP) is 3.02. The Morgan fingerprint density at radius 1 is 1.19 bits per heavy atom. The van der Waals surface area contributed by atoms with Crippen molar-refractivity contribution in [3.8, 4) is 0 Å². The smallest absolute Gasteiger partial charge is 0.319 e. The van der Waals surface area contributed by atoms with Gasteiger partial charge in [-0.05, 0) is 31.1 Å². The summed E-state index contributed by atoms with van der Waals surface area (Å²) in [6.07, 6.45) is -7.02. The summed E-state index contributed by atoms with van der Waals surface area (Å²) in [6, 6.07) is 5.41. The molecule has 0 amide bonds. The zero-order valence-electron chi connectivity index (χ0n) is 8.81. The van der Waals surface area contributed by atoms with Crippen LogP contribution < -0.4 is 5.32 Å². The summed E-state index contributed by atoms with van der Waals surface area (Å²) >= 11 is 0. The first-order valence-corrected chi connectivity index (χ1v) is 4.89. The van der Waals surface area contributed by atoms with Gasteiger partial charge in [0.1, 0.15) is 0 Å². The summed E-state index contributed by atoms with van der Waals surface area (Å²) in [5.41, 5.74) is 0.535. The molecule has 90 valence electrons. The molecular weight excluding hydrogens is 222 g/mol. The van der Waals surface area contributed by atoms with Crippen molar-refractivity contribution in [1.82, 2.24) is 5.32 Å². The molecule has 0 radical (unpaired) electrons. The van der Waals surface area contributed by atoms with Gasteiger partial charge in [-0.25, -0.2) is 4.39 Å². The molecule has 0 bridgehead atoms. The molecule has 5 heteroatoms. The number of nitrogens with one attached hydrogen (secondary N) is 1. The molecule has 1 N–H and O–H groups in total. The van der Waals surface area contributed by atoms with Gasteiger partial charge in [0, 0.05) is 0 Å². The lowest BCUT2D eigenvalue weighted by Crippen LogP contribution is -2.16. The lowest BCUT2D eigenvalue weighted by molar-refractivity contribution is -0.182. The Morgan fingerprint density at radius 3 is 2.19 bits per heavy atom. The molecule has 0 saturated carbocycles. The minimum Gasteiger partial charge on any atom is -0.319 e. The first-order valence-electron chi connectivity index (χ1n) is 4.89. The van der Waals surface area contributed by atoms with E-state index in [9.17, 15) is 17.6 Å². The minimum atomic E-state index is -4.83. The lowest BCUT2D eigenvalue weighted by atomic mass is 10.1. The number of likely N-dealkylation sites (N-methyl/N-ethyl adjacent to an activating group) is 1. The van der Waals surface area contributed by atoms with E-state index in [1.165, 1.54) is 24.3 Å². The van der Waals surface area contributed by atoms with Crippen LogP contribution in [-0.4, -0.2) is 19.8 Å². The summed E-state index contributed by atoms with van der Waals surface area (Å²) < 4.78 is 49.0. The SMILES string of the molecule is CNCCc1ccc(C(F)C(F)(F)F)cc1. The highest BCUT2D eigenvalue weighted by Gasteiger charge is 2.41. The number of hydrogen-bond acceptors (Lipinski definition) is 1. The number of rotatable bonds is 4. The van der Waals surface area contributed by atoms with Crippen molar-refractivity contribution in [2.75, 3.05) is 13.6 Å². The average molecular weight is 235 g/mol. The molecule has 1 atom stereocenters. The number of halogens is 4.